The highest BCUT2D eigenvalue weighted by Crippen LogP contribution is 2.06. The Balaban J connectivity index is 2.77. The molecule has 0 aliphatic rings. The zero-order chi connectivity index (χ0) is 8.27. The number of anilines is 1. The first kappa shape index (κ1) is 7.94. The van der Waals surface area contributed by atoms with Gasteiger partial charge < -0.3 is 10.0 Å². The summed E-state index contributed by atoms with van der Waals surface area (Å²) in [7, 11) is 1.76. The molecule has 0 spiro atoms. The lowest BCUT2D eigenvalue weighted by molar-refractivity contribution is 0.194. The lowest BCUT2D eigenvalue weighted by Crippen LogP contribution is -2.28. The maximum atomic E-state index is 9.13. The predicted molar refractivity (Wildman–Crippen MR) is 42.1 cm³/mol. The average molecular weight is 153 g/mol. The maximum Gasteiger partial charge on any atom is 0.148 e. The summed E-state index contributed by atoms with van der Waals surface area (Å²) in [6, 6.07) is 0. The Bertz CT molecular complexity index is 212. The standard InChI is InChI=1S/C7H11N3O/c1-6(11)10(2)7-5-8-3-4-9-7/h3-6,11H,1-2H3. The van der Waals surface area contributed by atoms with Gasteiger partial charge in [0.05, 0.1) is 6.20 Å². The lowest BCUT2D eigenvalue weighted by atomic mass is 10.5. The largest absolute Gasteiger partial charge is 0.374 e. The first-order valence-electron chi connectivity index (χ1n) is 3.38. The van der Waals surface area contributed by atoms with Crippen LogP contribution in [0.25, 0.3) is 0 Å². The molecule has 0 aliphatic heterocycles. The monoisotopic (exact) mass is 153 g/mol. The first-order valence-corrected chi connectivity index (χ1v) is 3.38. The Morgan fingerprint density at radius 2 is 2.27 bits per heavy atom. The predicted octanol–water partition coefficient (Wildman–Crippen LogP) is 0.251. The minimum absolute atomic E-state index is 0.535. The van der Waals surface area contributed by atoms with E-state index in [1.807, 2.05) is 0 Å². The van der Waals surface area contributed by atoms with Crippen molar-refractivity contribution in [3.63, 3.8) is 0 Å². The second-order valence-corrected chi connectivity index (χ2v) is 2.31. The number of hydrogen-bond acceptors (Lipinski definition) is 4. The normalized spacial score (nSPS) is 12.6. The van der Waals surface area contributed by atoms with Gasteiger partial charge in [0, 0.05) is 19.4 Å². The van der Waals surface area contributed by atoms with Gasteiger partial charge in [0.2, 0.25) is 0 Å². The summed E-state index contributed by atoms with van der Waals surface area (Å²) in [5, 5.41) is 9.13. The molecule has 1 N–H and O–H groups in total. The van der Waals surface area contributed by atoms with E-state index in [2.05, 4.69) is 9.97 Å². The van der Waals surface area contributed by atoms with Crippen molar-refractivity contribution in [2.24, 2.45) is 0 Å². The van der Waals surface area contributed by atoms with Gasteiger partial charge in [-0.05, 0) is 6.92 Å². The maximum absolute atomic E-state index is 9.13. The van der Waals surface area contributed by atoms with Crippen molar-refractivity contribution in [1.29, 1.82) is 0 Å². The molecule has 1 heterocycles. The Morgan fingerprint density at radius 3 is 2.73 bits per heavy atom. The van der Waals surface area contributed by atoms with Crippen LogP contribution in [0.2, 0.25) is 0 Å². The van der Waals surface area contributed by atoms with Crippen molar-refractivity contribution in [1.82, 2.24) is 9.97 Å². The highest BCUT2D eigenvalue weighted by Gasteiger charge is 2.05. The molecule has 0 fully saturated rings. The first-order chi connectivity index (χ1) is 5.22. The molecular formula is C7H11N3O. The molecule has 1 unspecified atom stereocenters. The Labute approximate surface area is 65.5 Å². The third kappa shape index (κ3) is 1.88. The van der Waals surface area contributed by atoms with Gasteiger partial charge in [0.15, 0.2) is 0 Å². The third-order valence-corrected chi connectivity index (χ3v) is 1.47. The summed E-state index contributed by atoms with van der Waals surface area (Å²) >= 11 is 0. The molecule has 1 rings (SSSR count). The highest BCUT2D eigenvalue weighted by atomic mass is 16.3. The molecule has 1 atom stereocenters. The number of rotatable bonds is 2. The van der Waals surface area contributed by atoms with Crippen LogP contribution in [0.4, 0.5) is 5.82 Å². The van der Waals surface area contributed by atoms with E-state index in [1.165, 1.54) is 0 Å². The van der Waals surface area contributed by atoms with E-state index in [4.69, 9.17) is 5.11 Å². The minimum atomic E-state index is -0.535. The van der Waals surface area contributed by atoms with Crippen LogP contribution in [-0.2, 0) is 0 Å². The zero-order valence-corrected chi connectivity index (χ0v) is 6.60. The van der Waals surface area contributed by atoms with Crippen LogP contribution < -0.4 is 4.90 Å². The average Bonchev–Trinajstić information content (AvgIpc) is 2.05. The summed E-state index contributed by atoms with van der Waals surface area (Å²) in [5.74, 6) is 0.669. The summed E-state index contributed by atoms with van der Waals surface area (Å²) in [4.78, 5) is 9.51. The Hall–Kier alpha value is -1.16. The van der Waals surface area contributed by atoms with Gasteiger partial charge in [-0.3, -0.25) is 4.98 Å². The van der Waals surface area contributed by atoms with Crippen molar-refractivity contribution in [2.75, 3.05) is 11.9 Å². The second kappa shape index (κ2) is 3.30. The number of aliphatic hydroxyl groups is 1. The van der Waals surface area contributed by atoms with E-state index in [1.54, 1.807) is 37.5 Å². The molecule has 0 saturated heterocycles. The van der Waals surface area contributed by atoms with Gasteiger partial charge in [0.25, 0.3) is 0 Å². The summed E-state index contributed by atoms with van der Waals surface area (Å²) < 4.78 is 0. The van der Waals surface area contributed by atoms with Gasteiger partial charge >= 0.3 is 0 Å². The number of nitrogens with zero attached hydrogens (tertiary/aromatic N) is 3. The van der Waals surface area contributed by atoms with Crippen LogP contribution in [-0.4, -0.2) is 28.4 Å². The molecule has 0 bridgehead atoms. The van der Waals surface area contributed by atoms with Gasteiger partial charge in [0.1, 0.15) is 12.0 Å². The number of aliphatic hydroxyl groups excluding tert-OH is 1. The van der Waals surface area contributed by atoms with E-state index in [9.17, 15) is 0 Å². The van der Waals surface area contributed by atoms with Crippen LogP contribution in [0.1, 0.15) is 6.92 Å². The Morgan fingerprint density at radius 1 is 1.55 bits per heavy atom. The molecule has 0 aliphatic carbocycles. The molecule has 0 aromatic carbocycles. The molecule has 11 heavy (non-hydrogen) atoms. The zero-order valence-electron chi connectivity index (χ0n) is 6.60. The molecule has 4 heteroatoms. The van der Waals surface area contributed by atoms with Gasteiger partial charge in [-0.1, -0.05) is 0 Å². The van der Waals surface area contributed by atoms with Gasteiger partial charge in [-0.2, -0.15) is 0 Å². The van der Waals surface area contributed by atoms with E-state index >= 15 is 0 Å². The Kier molecular flexibility index (Phi) is 2.38. The fourth-order valence-electron chi connectivity index (χ4n) is 0.665. The van der Waals surface area contributed by atoms with Crippen LogP contribution in [0.5, 0.6) is 0 Å². The second-order valence-electron chi connectivity index (χ2n) is 2.31. The van der Waals surface area contributed by atoms with Gasteiger partial charge in [-0.25, -0.2) is 4.98 Å². The quantitative estimate of drug-likeness (QED) is 0.619. The topological polar surface area (TPSA) is 49.2 Å². The van der Waals surface area contributed by atoms with Crippen molar-refractivity contribution in [3.8, 4) is 0 Å². The van der Waals surface area contributed by atoms with Crippen LogP contribution in [0, 0.1) is 0 Å². The van der Waals surface area contributed by atoms with Crippen LogP contribution in [0.3, 0.4) is 0 Å². The van der Waals surface area contributed by atoms with Crippen molar-refractivity contribution >= 4 is 5.82 Å². The van der Waals surface area contributed by atoms with Crippen LogP contribution >= 0.6 is 0 Å². The van der Waals surface area contributed by atoms with Crippen molar-refractivity contribution in [2.45, 2.75) is 13.2 Å². The fraction of sp³-hybridized carbons (Fsp3) is 0.429. The van der Waals surface area contributed by atoms with E-state index in [0.717, 1.165) is 0 Å². The number of aromatic nitrogens is 2. The fourth-order valence-corrected chi connectivity index (χ4v) is 0.665. The smallest absolute Gasteiger partial charge is 0.148 e. The SMILES string of the molecule is CC(O)N(C)c1cnccn1. The highest BCUT2D eigenvalue weighted by molar-refractivity contribution is 5.33. The molecule has 1 aromatic rings. The summed E-state index contributed by atoms with van der Waals surface area (Å²) in [6.45, 7) is 1.68. The molecular weight excluding hydrogens is 142 g/mol. The molecule has 0 saturated carbocycles. The van der Waals surface area contributed by atoms with Crippen molar-refractivity contribution in [3.05, 3.63) is 18.6 Å². The van der Waals surface area contributed by atoms with Crippen molar-refractivity contribution < 1.29 is 5.11 Å². The third-order valence-electron chi connectivity index (χ3n) is 1.47. The minimum Gasteiger partial charge on any atom is -0.374 e. The van der Waals surface area contributed by atoms with Gasteiger partial charge in [-0.15, -0.1) is 0 Å². The molecule has 0 amide bonds. The van der Waals surface area contributed by atoms with E-state index in [0.29, 0.717) is 5.82 Å². The molecule has 1 aromatic heterocycles. The summed E-state index contributed by atoms with van der Waals surface area (Å²) in [6.07, 6.45) is 4.26. The van der Waals surface area contributed by atoms with E-state index in [-0.39, 0.29) is 0 Å². The lowest BCUT2D eigenvalue weighted by Gasteiger charge is -2.20. The number of hydrogen-bond donors (Lipinski definition) is 1. The van der Waals surface area contributed by atoms with Crippen LogP contribution in [0.15, 0.2) is 18.6 Å². The molecule has 4 nitrogen and oxygen atoms in total. The molecule has 60 valence electrons. The summed E-state index contributed by atoms with van der Waals surface area (Å²) in [5.41, 5.74) is 0. The molecule has 0 radical (unpaired) electrons. The van der Waals surface area contributed by atoms with E-state index < -0.39 is 6.23 Å².